The molecule has 156 valence electrons. The van der Waals surface area contributed by atoms with Gasteiger partial charge in [-0.2, -0.15) is 0 Å². The lowest BCUT2D eigenvalue weighted by Gasteiger charge is -2.18. The summed E-state index contributed by atoms with van der Waals surface area (Å²) in [7, 11) is 0.00908. The highest BCUT2D eigenvalue weighted by Crippen LogP contribution is 2.42. The van der Waals surface area contributed by atoms with Gasteiger partial charge < -0.3 is 14.3 Å². The normalized spacial score (nSPS) is 21.8. The van der Waals surface area contributed by atoms with E-state index in [-0.39, 0.29) is 36.5 Å². The van der Waals surface area contributed by atoms with Crippen molar-refractivity contribution < 1.29 is 22.5 Å². The van der Waals surface area contributed by atoms with E-state index in [4.69, 9.17) is 4.52 Å². The summed E-state index contributed by atoms with van der Waals surface area (Å²) >= 11 is 0. The van der Waals surface area contributed by atoms with Crippen molar-refractivity contribution in [3.63, 3.8) is 0 Å². The SMILES string of the molecule is CCC[C@H]1C(=O)N(S(C)(=O)=O)C2=CN(C(=O)c3cc(CN(C)C)on3)C[C@@H]21.Cl. The van der Waals surface area contributed by atoms with Crippen LogP contribution in [0.5, 0.6) is 0 Å². The number of carbonyl (C=O) groups excluding carboxylic acids is 2. The van der Waals surface area contributed by atoms with Crippen LogP contribution in [0.15, 0.2) is 22.5 Å². The topological polar surface area (TPSA) is 104 Å². The lowest BCUT2D eigenvalue weighted by molar-refractivity contribution is -0.127. The van der Waals surface area contributed by atoms with E-state index >= 15 is 0 Å². The lowest BCUT2D eigenvalue weighted by atomic mass is 9.91. The first-order chi connectivity index (χ1) is 12.6. The summed E-state index contributed by atoms with van der Waals surface area (Å²) in [6.45, 7) is 2.71. The Morgan fingerprint density at radius 3 is 2.64 bits per heavy atom. The monoisotopic (exact) mass is 432 g/mol. The number of amides is 2. The third kappa shape index (κ3) is 4.08. The molecule has 2 amide bonds. The Labute approximate surface area is 170 Å². The zero-order valence-corrected chi connectivity index (χ0v) is 17.9. The van der Waals surface area contributed by atoms with Crippen molar-refractivity contribution in [1.29, 1.82) is 0 Å². The summed E-state index contributed by atoms with van der Waals surface area (Å²) in [5.74, 6) is -0.967. The first kappa shape index (κ1) is 22.4. The van der Waals surface area contributed by atoms with Crippen molar-refractivity contribution in [2.45, 2.75) is 26.3 Å². The summed E-state index contributed by atoms with van der Waals surface area (Å²) in [5, 5.41) is 3.82. The first-order valence-corrected chi connectivity index (χ1v) is 10.7. The van der Waals surface area contributed by atoms with Gasteiger partial charge in [-0.05, 0) is 20.5 Å². The van der Waals surface area contributed by atoms with E-state index in [1.165, 1.54) is 11.1 Å². The highest BCUT2D eigenvalue weighted by molar-refractivity contribution is 7.89. The second-order valence-electron chi connectivity index (χ2n) is 7.30. The fourth-order valence-electron chi connectivity index (χ4n) is 3.68. The van der Waals surface area contributed by atoms with Crippen molar-refractivity contribution in [3.05, 3.63) is 29.4 Å². The molecule has 2 aliphatic heterocycles. The molecule has 0 radical (unpaired) electrons. The molecular weight excluding hydrogens is 408 g/mol. The van der Waals surface area contributed by atoms with E-state index in [0.717, 1.165) is 17.0 Å². The number of sulfonamides is 1. The van der Waals surface area contributed by atoms with Crippen LogP contribution in [0, 0.1) is 11.8 Å². The smallest absolute Gasteiger partial charge is 0.280 e. The average molecular weight is 433 g/mol. The van der Waals surface area contributed by atoms with Gasteiger partial charge in [0.25, 0.3) is 5.91 Å². The third-order valence-corrected chi connectivity index (χ3v) is 5.80. The highest BCUT2D eigenvalue weighted by atomic mass is 35.5. The van der Waals surface area contributed by atoms with Crippen LogP contribution in [0.4, 0.5) is 0 Å². The number of aromatic nitrogens is 1. The maximum absolute atomic E-state index is 12.8. The van der Waals surface area contributed by atoms with Gasteiger partial charge >= 0.3 is 0 Å². The maximum Gasteiger partial charge on any atom is 0.280 e. The summed E-state index contributed by atoms with van der Waals surface area (Å²) in [6.07, 6.45) is 3.80. The molecule has 0 aromatic carbocycles. The molecule has 28 heavy (non-hydrogen) atoms. The van der Waals surface area contributed by atoms with Gasteiger partial charge in [-0.1, -0.05) is 18.5 Å². The molecule has 0 unspecified atom stereocenters. The van der Waals surface area contributed by atoms with Crippen molar-refractivity contribution >= 4 is 34.2 Å². The second-order valence-corrected chi connectivity index (χ2v) is 9.13. The van der Waals surface area contributed by atoms with Gasteiger partial charge in [-0.15, -0.1) is 12.4 Å². The fraction of sp³-hybridized carbons (Fsp3) is 0.588. The van der Waals surface area contributed by atoms with Crippen LogP contribution in [0.25, 0.3) is 0 Å². The Morgan fingerprint density at radius 1 is 1.39 bits per heavy atom. The Kier molecular flexibility index (Phi) is 6.57. The largest absolute Gasteiger partial charge is 0.359 e. The molecule has 1 fully saturated rings. The van der Waals surface area contributed by atoms with Gasteiger partial charge in [0.05, 0.1) is 18.5 Å². The van der Waals surface area contributed by atoms with Crippen LogP contribution in [0.2, 0.25) is 0 Å². The Balaban J connectivity index is 0.00000280. The minimum Gasteiger partial charge on any atom is -0.359 e. The maximum atomic E-state index is 12.8. The molecule has 0 aliphatic carbocycles. The van der Waals surface area contributed by atoms with Gasteiger partial charge in [0.2, 0.25) is 15.9 Å². The fourth-order valence-corrected chi connectivity index (χ4v) is 4.71. The summed E-state index contributed by atoms with van der Waals surface area (Å²) < 4.78 is 30.3. The molecule has 0 bridgehead atoms. The van der Waals surface area contributed by atoms with Crippen LogP contribution in [0.1, 0.15) is 36.0 Å². The molecule has 1 saturated heterocycles. The Morgan fingerprint density at radius 2 is 2.07 bits per heavy atom. The van der Waals surface area contributed by atoms with Gasteiger partial charge in [0.15, 0.2) is 11.5 Å². The summed E-state index contributed by atoms with van der Waals surface area (Å²) in [5.41, 5.74) is 0.527. The van der Waals surface area contributed by atoms with E-state index in [0.29, 0.717) is 24.4 Å². The van der Waals surface area contributed by atoms with Crippen molar-refractivity contribution in [1.82, 2.24) is 19.3 Å². The standard InChI is InChI=1S/C17H24N4O5S.ClH/c1-5-6-12-13-9-20(10-15(13)21(16(12)22)27(4,24)25)17(23)14-7-11(26-18-14)8-19(2)3;/h7,10,12-13H,5-6,8-9H2,1-4H3;1H/t12-,13-;/m1./s1. The number of nitrogens with zero attached hydrogens (tertiary/aromatic N) is 4. The van der Waals surface area contributed by atoms with E-state index in [1.807, 2.05) is 25.9 Å². The van der Waals surface area contributed by atoms with Crippen LogP contribution < -0.4 is 0 Å². The molecule has 3 rings (SSSR count). The van der Waals surface area contributed by atoms with Gasteiger partial charge in [0.1, 0.15) is 0 Å². The summed E-state index contributed by atoms with van der Waals surface area (Å²) in [6, 6.07) is 1.58. The van der Waals surface area contributed by atoms with E-state index in [9.17, 15) is 18.0 Å². The van der Waals surface area contributed by atoms with Crippen molar-refractivity contribution in [2.75, 3.05) is 26.9 Å². The number of carbonyl (C=O) groups is 2. The van der Waals surface area contributed by atoms with E-state index in [1.54, 1.807) is 6.07 Å². The van der Waals surface area contributed by atoms with Gasteiger partial charge in [0, 0.05) is 30.6 Å². The first-order valence-electron chi connectivity index (χ1n) is 8.80. The quantitative estimate of drug-likeness (QED) is 0.667. The highest BCUT2D eigenvalue weighted by Gasteiger charge is 2.51. The van der Waals surface area contributed by atoms with Crippen LogP contribution in [-0.2, 0) is 21.4 Å². The van der Waals surface area contributed by atoms with Crippen molar-refractivity contribution in [2.24, 2.45) is 11.8 Å². The lowest BCUT2D eigenvalue weighted by Crippen LogP contribution is -2.34. The molecule has 11 heteroatoms. The predicted molar refractivity (Wildman–Crippen MR) is 104 cm³/mol. The molecule has 1 aromatic rings. The Bertz CT molecular complexity index is 895. The minimum absolute atomic E-state index is 0. The molecule has 2 atom stereocenters. The van der Waals surface area contributed by atoms with Crippen molar-refractivity contribution in [3.8, 4) is 0 Å². The molecule has 1 aromatic heterocycles. The van der Waals surface area contributed by atoms with Crippen LogP contribution in [-0.4, -0.2) is 66.4 Å². The molecule has 0 saturated carbocycles. The molecule has 3 heterocycles. The Hall–Kier alpha value is -1.91. The number of hydrogen-bond acceptors (Lipinski definition) is 7. The summed E-state index contributed by atoms with van der Waals surface area (Å²) in [4.78, 5) is 28.7. The molecule has 2 aliphatic rings. The van der Waals surface area contributed by atoms with Gasteiger partial charge in [-0.3, -0.25) is 9.59 Å². The molecular formula is C17H25ClN4O5S. The minimum atomic E-state index is -3.74. The molecule has 0 spiro atoms. The zero-order valence-electron chi connectivity index (χ0n) is 16.3. The van der Waals surface area contributed by atoms with Crippen LogP contribution in [0.3, 0.4) is 0 Å². The second kappa shape index (κ2) is 8.22. The average Bonchev–Trinajstić information content (AvgIpc) is 3.22. The van der Waals surface area contributed by atoms with Crippen LogP contribution >= 0.6 is 12.4 Å². The number of rotatable bonds is 6. The zero-order chi connectivity index (χ0) is 19.9. The number of halogens is 1. The molecule has 0 N–H and O–H groups in total. The predicted octanol–water partition coefficient (Wildman–Crippen LogP) is 1.29. The molecule has 9 nitrogen and oxygen atoms in total. The number of hydrogen-bond donors (Lipinski definition) is 0. The number of fused-ring (bicyclic) bond motifs is 1. The van der Waals surface area contributed by atoms with E-state index < -0.39 is 21.8 Å². The van der Waals surface area contributed by atoms with Gasteiger partial charge in [-0.25, -0.2) is 12.7 Å². The third-order valence-electron chi connectivity index (χ3n) is 4.74. The van der Waals surface area contributed by atoms with E-state index in [2.05, 4.69) is 5.16 Å².